The van der Waals surface area contributed by atoms with Crippen LogP contribution in [0.1, 0.15) is 26.1 Å². The Morgan fingerprint density at radius 2 is 2.28 bits per heavy atom. The van der Waals surface area contributed by atoms with E-state index < -0.39 is 0 Å². The molecule has 0 unspecified atom stereocenters. The molecule has 1 amide bonds. The van der Waals surface area contributed by atoms with Crippen molar-refractivity contribution in [2.75, 3.05) is 5.32 Å². The topological polar surface area (TPSA) is 57.8 Å². The number of amides is 1. The van der Waals surface area contributed by atoms with Gasteiger partial charge in [-0.05, 0) is 38.5 Å². The number of rotatable bonds is 3. The van der Waals surface area contributed by atoms with Crippen molar-refractivity contribution in [3.05, 3.63) is 35.7 Å². The molecule has 0 fully saturated rings. The SMILES string of the molecule is CC/C=C(\C)C(=O)Nc1ccc2nc(C)[nH]c2c1. The number of fused-ring (bicyclic) bond motifs is 1. The lowest BCUT2D eigenvalue weighted by atomic mass is 10.2. The van der Waals surface area contributed by atoms with Gasteiger partial charge in [-0.15, -0.1) is 0 Å². The van der Waals surface area contributed by atoms with Gasteiger partial charge in [0.2, 0.25) is 0 Å². The number of nitrogens with one attached hydrogen (secondary N) is 2. The molecule has 4 nitrogen and oxygen atoms in total. The molecule has 0 spiro atoms. The van der Waals surface area contributed by atoms with E-state index in [4.69, 9.17) is 0 Å². The lowest BCUT2D eigenvalue weighted by Crippen LogP contribution is -2.12. The third-order valence-corrected chi connectivity index (χ3v) is 2.73. The van der Waals surface area contributed by atoms with Gasteiger partial charge in [-0.2, -0.15) is 0 Å². The second kappa shape index (κ2) is 5.04. The minimum absolute atomic E-state index is 0.0626. The van der Waals surface area contributed by atoms with Crippen molar-refractivity contribution in [1.29, 1.82) is 0 Å². The summed E-state index contributed by atoms with van der Waals surface area (Å²) in [6.07, 6.45) is 2.77. The van der Waals surface area contributed by atoms with Crippen molar-refractivity contribution in [1.82, 2.24) is 9.97 Å². The molecule has 2 N–H and O–H groups in total. The van der Waals surface area contributed by atoms with Crippen molar-refractivity contribution in [2.45, 2.75) is 27.2 Å². The van der Waals surface area contributed by atoms with Crippen LogP contribution < -0.4 is 5.32 Å². The molecule has 1 aromatic heterocycles. The number of H-pyrrole nitrogens is 1. The summed E-state index contributed by atoms with van der Waals surface area (Å²) in [6, 6.07) is 5.65. The summed E-state index contributed by atoms with van der Waals surface area (Å²) in [5, 5.41) is 2.87. The maximum absolute atomic E-state index is 11.8. The maximum Gasteiger partial charge on any atom is 0.250 e. The van der Waals surface area contributed by atoms with Crippen LogP contribution in [0.5, 0.6) is 0 Å². The Labute approximate surface area is 106 Å². The Balaban J connectivity index is 2.21. The smallest absolute Gasteiger partial charge is 0.250 e. The summed E-state index contributed by atoms with van der Waals surface area (Å²) in [5.74, 6) is 0.808. The van der Waals surface area contributed by atoms with Crippen molar-refractivity contribution in [3.8, 4) is 0 Å². The zero-order valence-corrected chi connectivity index (χ0v) is 10.9. The molecule has 2 aromatic rings. The third-order valence-electron chi connectivity index (χ3n) is 2.73. The van der Waals surface area contributed by atoms with Gasteiger partial charge < -0.3 is 10.3 Å². The van der Waals surface area contributed by atoms with E-state index in [9.17, 15) is 4.79 Å². The number of benzene rings is 1. The number of hydrogen-bond donors (Lipinski definition) is 2. The average molecular weight is 243 g/mol. The molecule has 0 radical (unpaired) electrons. The predicted octanol–water partition coefficient (Wildman–Crippen LogP) is 3.17. The maximum atomic E-state index is 11.8. The molecule has 0 saturated heterocycles. The van der Waals surface area contributed by atoms with E-state index in [2.05, 4.69) is 15.3 Å². The monoisotopic (exact) mass is 243 g/mol. The van der Waals surface area contributed by atoms with Gasteiger partial charge in [0.15, 0.2) is 0 Å². The molecule has 2 rings (SSSR count). The van der Waals surface area contributed by atoms with E-state index in [1.165, 1.54) is 0 Å². The van der Waals surface area contributed by atoms with E-state index >= 15 is 0 Å². The quantitative estimate of drug-likeness (QED) is 0.813. The summed E-state index contributed by atoms with van der Waals surface area (Å²) >= 11 is 0. The second-order valence-electron chi connectivity index (χ2n) is 4.30. The van der Waals surface area contributed by atoms with Gasteiger partial charge in [-0.25, -0.2) is 4.98 Å². The van der Waals surface area contributed by atoms with Crippen LogP contribution in [0.2, 0.25) is 0 Å². The predicted molar refractivity (Wildman–Crippen MR) is 73.5 cm³/mol. The Bertz CT molecular complexity index is 611. The zero-order chi connectivity index (χ0) is 13.1. The minimum atomic E-state index is -0.0626. The molecule has 0 aliphatic rings. The van der Waals surface area contributed by atoms with E-state index in [1.54, 1.807) is 0 Å². The number of carbonyl (C=O) groups is 1. The first-order valence-electron chi connectivity index (χ1n) is 6.04. The van der Waals surface area contributed by atoms with E-state index in [0.29, 0.717) is 0 Å². The highest BCUT2D eigenvalue weighted by Crippen LogP contribution is 2.17. The van der Waals surface area contributed by atoms with Crippen LogP contribution in [-0.4, -0.2) is 15.9 Å². The molecular weight excluding hydrogens is 226 g/mol. The molecule has 0 bridgehead atoms. The first-order valence-corrected chi connectivity index (χ1v) is 6.04. The average Bonchev–Trinajstić information content (AvgIpc) is 2.68. The molecule has 94 valence electrons. The molecular formula is C14H17N3O. The highest BCUT2D eigenvalue weighted by molar-refractivity contribution is 6.04. The lowest BCUT2D eigenvalue weighted by molar-refractivity contribution is -0.112. The molecule has 1 aromatic carbocycles. The fourth-order valence-corrected chi connectivity index (χ4v) is 1.84. The fourth-order valence-electron chi connectivity index (χ4n) is 1.84. The van der Waals surface area contributed by atoms with Crippen LogP contribution in [0.3, 0.4) is 0 Å². The van der Waals surface area contributed by atoms with Crippen molar-refractivity contribution < 1.29 is 4.79 Å². The molecule has 1 heterocycles. The zero-order valence-electron chi connectivity index (χ0n) is 10.9. The summed E-state index contributed by atoms with van der Waals surface area (Å²) in [5.41, 5.74) is 3.35. The van der Waals surface area contributed by atoms with Crippen LogP contribution in [0.4, 0.5) is 5.69 Å². The van der Waals surface area contributed by atoms with Gasteiger partial charge in [-0.3, -0.25) is 4.79 Å². The first-order chi connectivity index (χ1) is 8.60. The first kappa shape index (κ1) is 12.4. The summed E-state index contributed by atoms with van der Waals surface area (Å²) in [7, 11) is 0. The van der Waals surface area contributed by atoms with E-state index in [0.717, 1.165) is 34.5 Å². The summed E-state index contributed by atoms with van der Waals surface area (Å²) < 4.78 is 0. The number of allylic oxidation sites excluding steroid dienone is 1. The van der Waals surface area contributed by atoms with Crippen LogP contribution in [-0.2, 0) is 4.79 Å². The number of hydrogen-bond acceptors (Lipinski definition) is 2. The van der Waals surface area contributed by atoms with Crippen LogP contribution in [0.15, 0.2) is 29.8 Å². The van der Waals surface area contributed by atoms with Crippen molar-refractivity contribution in [3.63, 3.8) is 0 Å². The number of aromatic amines is 1. The molecule has 0 atom stereocenters. The van der Waals surface area contributed by atoms with Crippen molar-refractivity contribution in [2.24, 2.45) is 0 Å². The number of aryl methyl sites for hydroxylation is 1. The number of nitrogens with zero attached hydrogens (tertiary/aromatic N) is 1. The highest BCUT2D eigenvalue weighted by Gasteiger charge is 2.06. The fraction of sp³-hybridized carbons (Fsp3) is 0.286. The number of aromatic nitrogens is 2. The number of imidazole rings is 1. The van der Waals surface area contributed by atoms with Gasteiger partial charge in [0.05, 0.1) is 11.0 Å². The van der Waals surface area contributed by atoms with Crippen molar-refractivity contribution >= 4 is 22.6 Å². The normalized spacial score (nSPS) is 11.8. The van der Waals surface area contributed by atoms with Crippen LogP contribution in [0, 0.1) is 6.92 Å². The van der Waals surface area contributed by atoms with E-state index in [1.807, 2.05) is 45.0 Å². The molecule has 18 heavy (non-hydrogen) atoms. The third kappa shape index (κ3) is 2.59. The molecule has 0 aliphatic heterocycles. The van der Waals surface area contributed by atoms with Crippen LogP contribution in [0.25, 0.3) is 11.0 Å². The standard InChI is InChI=1S/C14H17N3O/c1-4-5-9(2)14(18)17-11-6-7-12-13(8-11)16-10(3)15-12/h5-8H,4H2,1-3H3,(H,15,16)(H,17,18)/b9-5+. The minimum Gasteiger partial charge on any atom is -0.342 e. The van der Waals surface area contributed by atoms with Gasteiger partial charge in [0, 0.05) is 11.3 Å². The van der Waals surface area contributed by atoms with E-state index in [-0.39, 0.29) is 5.91 Å². The lowest BCUT2D eigenvalue weighted by Gasteiger charge is -2.05. The summed E-state index contributed by atoms with van der Waals surface area (Å²) in [4.78, 5) is 19.3. The number of anilines is 1. The Kier molecular flexibility index (Phi) is 3.46. The van der Waals surface area contributed by atoms with Gasteiger partial charge in [0.1, 0.15) is 5.82 Å². The molecule has 4 heteroatoms. The molecule has 0 aliphatic carbocycles. The van der Waals surface area contributed by atoms with Gasteiger partial charge in [0.25, 0.3) is 5.91 Å². The van der Waals surface area contributed by atoms with Gasteiger partial charge in [-0.1, -0.05) is 13.0 Å². The number of carbonyl (C=O) groups excluding carboxylic acids is 1. The van der Waals surface area contributed by atoms with Gasteiger partial charge >= 0.3 is 0 Å². The second-order valence-corrected chi connectivity index (χ2v) is 4.30. The Morgan fingerprint density at radius 1 is 1.50 bits per heavy atom. The van der Waals surface area contributed by atoms with Crippen LogP contribution >= 0.6 is 0 Å². The Morgan fingerprint density at radius 3 is 3.00 bits per heavy atom. The largest absolute Gasteiger partial charge is 0.342 e. The Hall–Kier alpha value is -2.10. The molecule has 0 saturated carbocycles. The summed E-state index contributed by atoms with van der Waals surface area (Å²) in [6.45, 7) is 5.74. The highest BCUT2D eigenvalue weighted by atomic mass is 16.1.